The van der Waals surface area contributed by atoms with Gasteiger partial charge in [-0.2, -0.15) is 0 Å². The Morgan fingerprint density at radius 3 is 2.58 bits per heavy atom. The Morgan fingerprint density at radius 1 is 1.11 bits per heavy atom. The number of rotatable bonds is 11. The van der Waals surface area contributed by atoms with Gasteiger partial charge in [0.15, 0.2) is 0 Å². The van der Waals surface area contributed by atoms with Crippen molar-refractivity contribution >= 4 is 0 Å². The summed E-state index contributed by atoms with van der Waals surface area (Å²) in [5.41, 5.74) is 0. The summed E-state index contributed by atoms with van der Waals surface area (Å²) in [4.78, 5) is 2.60. The van der Waals surface area contributed by atoms with Crippen molar-refractivity contribution in [1.82, 2.24) is 10.2 Å². The number of nitrogens with zero attached hydrogens (tertiary/aromatic N) is 1. The third-order valence-corrected chi connectivity index (χ3v) is 3.98. The van der Waals surface area contributed by atoms with E-state index in [1.165, 1.54) is 25.7 Å². The van der Waals surface area contributed by atoms with Crippen molar-refractivity contribution in [2.24, 2.45) is 0 Å². The standard InChI is InChI=1S/C15H32N2O2/c1-4-9-16-14-7-5-8-15(14)17(11-13-19-3)10-6-12-18-2/h14-16H,4-13H2,1-3H3. The Labute approximate surface area is 118 Å². The molecule has 2 unspecified atom stereocenters. The Balaban J connectivity index is 2.45. The summed E-state index contributed by atoms with van der Waals surface area (Å²) in [6, 6.07) is 1.35. The maximum atomic E-state index is 5.26. The summed E-state index contributed by atoms with van der Waals surface area (Å²) in [7, 11) is 3.56. The minimum Gasteiger partial charge on any atom is -0.385 e. The molecule has 114 valence electrons. The smallest absolute Gasteiger partial charge is 0.0589 e. The number of ether oxygens (including phenoxy) is 2. The van der Waals surface area contributed by atoms with Crippen molar-refractivity contribution < 1.29 is 9.47 Å². The second-order valence-corrected chi connectivity index (χ2v) is 5.43. The normalized spacial score (nSPS) is 23.4. The maximum absolute atomic E-state index is 5.26. The van der Waals surface area contributed by atoms with E-state index >= 15 is 0 Å². The number of nitrogens with one attached hydrogen (secondary N) is 1. The van der Waals surface area contributed by atoms with Gasteiger partial charge in [-0.05, 0) is 32.2 Å². The van der Waals surface area contributed by atoms with Gasteiger partial charge in [-0.25, -0.2) is 0 Å². The van der Waals surface area contributed by atoms with E-state index in [-0.39, 0.29) is 0 Å². The molecule has 0 spiro atoms. The van der Waals surface area contributed by atoms with Gasteiger partial charge in [0.25, 0.3) is 0 Å². The van der Waals surface area contributed by atoms with E-state index in [4.69, 9.17) is 9.47 Å². The number of hydrogen-bond donors (Lipinski definition) is 1. The van der Waals surface area contributed by atoms with E-state index in [1.807, 2.05) is 0 Å². The molecule has 1 aliphatic carbocycles. The zero-order valence-electron chi connectivity index (χ0n) is 13.0. The lowest BCUT2D eigenvalue weighted by molar-refractivity contribution is 0.0978. The van der Waals surface area contributed by atoms with Gasteiger partial charge in [0, 0.05) is 46.0 Å². The average Bonchev–Trinajstić information content (AvgIpc) is 2.88. The largest absolute Gasteiger partial charge is 0.385 e. The Hall–Kier alpha value is -0.160. The molecule has 0 bridgehead atoms. The Morgan fingerprint density at radius 2 is 1.89 bits per heavy atom. The van der Waals surface area contributed by atoms with Crippen LogP contribution in [0.15, 0.2) is 0 Å². The van der Waals surface area contributed by atoms with Crippen LogP contribution in [0.4, 0.5) is 0 Å². The topological polar surface area (TPSA) is 33.7 Å². The molecule has 0 amide bonds. The third kappa shape index (κ3) is 6.21. The van der Waals surface area contributed by atoms with E-state index < -0.39 is 0 Å². The lowest BCUT2D eigenvalue weighted by atomic mass is 10.1. The highest BCUT2D eigenvalue weighted by Crippen LogP contribution is 2.24. The highest BCUT2D eigenvalue weighted by Gasteiger charge is 2.31. The first kappa shape index (κ1) is 16.9. The molecule has 1 rings (SSSR count). The van der Waals surface area contributed by atoms with Crippen molar-refractivity contribution in [3.8, 4) is 0 Å². The van der Waals surface area contributed by atoms with Gasteiger partial charge >= 0.3 is 0 Å². The van der Waals surface area contributed by atoms with Crippen LogP contribution in [0.3, 0.4) is 0 Å². The van der Waals surface area contributed by atoms with E-state index in [2.05, 4.69) is 17.1 Å². The van der Waals surface area contributed by atoms with Crippen molar-refractivity contribution in [2.45, 2.75) is 51.1 Å². The van der Waals surface area contributed by atoms with Crippen LogP contribution >= 0.6 is 0 Å². The minimum absolute atomic E-state index is 0.666. The predicted octanol–water partition coefficient (Wildman–Crippen LogP) is 1.89. The summed E-state index contributed by atoms with van der Waals surface area (Å²) >= 11 is 0. The van der Waals surface area contributed by atoms with Crippen molar-refractivity contribution in [2.75, 3.05) is 47.1 Å². The molecule has 4 nitrogen and oxygen atoms in total. The van der Waals surface area contributed by atoms with Crippen LogP contribution in [0.1, 0.15) is 39.0 Å². The van der Waals surface area contributed by atoms with Gasteiger partial charge in [0.2, 0.25) is 0 Å². The first-order valence-electron chi connectivity index (χ1n) is 7.78. The second-order valence-electron chi connectivity index (χ2n) is 5.43. The van der Waals surface area contributed by atoms with E-state index in [9.17, 15) is 0 Å². The lowest BCUT2D eigenvalue weighted by Gasteiger charge is -2.33. The second kappa shape index (κ2) is 10.6. The van der Waals surface area contributed by atoms with Gasteiger partial charge in [0.1, 0.15) is 0 Å². The molecule has 0 radical (unpaired) electrons. The summed E-state index contributed by atoms with van der Waals surface area (Å²) in [5.74, 6) is 0. The first-order valence-corrected chi connectivity index (χ1v) is 7.78. The molecule has 0 saturated heterocycles. The van der Waals surface area contributed by atoms with Crippen LogP contribution in [0.2, 0.25) is 0 Å². The molecule has 0 aromatic carbocycles. The monoisotopic (exact) mass is 272 g/mol. The molecule has 0 aliphatic heterocycles. The number of hydrogen-bond acceptors (Lipinski definition) is 4. The molecule has 2 atom stereocenters. The molecule has 0 aromatic heterocycles. The highest BCUT2D eigenvalue weighted by molar-refractivity contribution is 4.90. The zero-order chi connectivity index (χ0) is 13.9. The fourth-order valence-electron chi connectivity index (χ4n) is 3.01. The average molecular weight is 272 g/mol. The van der Waals surface area contributed by atoms with Gasteiger partial charge in [-0.15, -0.1) is 0 Å². The van der Waals surface area contributed by atoms with Crippen LogP contribution in [0, 0.1) is 0 Å². The van der Waals surface area contributed by atoms with Crippen molar-refractivity contribution in [3.63, 3.8) is 0 Å². The molecule has 0 heterocycles. The van der Waals surface area contributed by atoms with Crippen LogP contribution in [0.5, 0.6) is 0 Å². The van der Waals surface area contributed by atoms with Gasteiger partial charge < -0.3 is 14.8 Å². The quantitative estimate of drug-likeness (QED) is 0.582. The van der Waals surface area contributed by atoms with Crippen molar-refractivity contribution in [3.05, 3.63) is 0 Å². The minimum atomic E-state index is 0.666. The fraction of sp³-hybridized carbons (Fsp3) is 1.00. The van der Waals surface area contributed by atoms with Gasteiger partial charge in [0.05, 0.1) is 6.61 Å². The van der Waals surface area contributed by atoms with E-state index in [1.54, 1.807) is 14.2 Å². The molecule has 1 aliphatic rings. The molecular weight excluding hydrogens is 240 g/mol. The molecule has 1 N–H and O–H groups in total. The molecule has 19 heavy (non-hydrogen) atoms. The highest BCUT2D eigenvalue weighted by atomic mass is 16.5. The molecule has 4 heteroatoms. The van der Waals surface area contributed by atoms with Crippen molar-refractivity contribution in [1.29, 1.82) is 0 Å². The van der Waals surface area contributed by atoms with Crippen LogP contribution in [-0.4, -0.2) is 64.1 Å². The van der Waals surface area contributed by atoms with Gasteiger partial charge in [-0.1, -0.05) is 13.3 Å². The zero-order valence-corrected chi connectivity index (χ0v) is 13.0. The summed E-state index contributed by atoms with van der Waals surface area (Å²) in [6.07, 6.45) is 6.30. The lowest BCUT2D eigenvalue weighted by Crippen LogP contribution is -2.48. The molecule has 1 fully saturated rings. The Bertz CT molecular complexity index is 214. The summed E-state index contributed by atoms with van der Waals surface area (Å²) in [5, 5.41) is 3.71. The fourth-order valence-corrected chi connectivity index (χ4v) is 3.01. The molecule has 0 aromatic rings. The SMILES string of the molecule is CCCNC1CCCC1N(CCCOC)CCOC. The summed E-state index contributed by atoms with van der Waals surface area (Å²) in [6.45, 7) is 7.20. The van der Waals surface area contributed by atoms with E-state index in [0.29, 0.717) is 12.1 Å². The van der Waals surface area contributed by atoms with Gasteiger partial charge in [-0.3, -0.25) is 4.90 Å². The number of methoxy groups -OCH3 is 2. The van der Waals surface area contributed by atoms with E-state index in [0.717, 1.165) is 39.3 Å². The van der Waals surface area contributed by atoms with Crippen LogP contribution < -0.4 is 5.32 Å². The maximum Gasteiger partial charge on any atom is 0.0589 e. The Kier molecular flexibility index (Phi) is 9.43. The predicted molar refractivity (Wildman–Crippen MR) is 79.7 cm³/mol. The van der Waals surface area contributed by atoms with Crippen LogP contribution in [-0.2, 0) is 9.47 Å². The summed E-state index contributed by atoms with van der Waals surface area (Å²) < 4.78 is 10.4. The molecule has 1 saturated carbocycles. The first-order chi connectivity index (χ1) is 9.33. The van der Waals surface area contributed by atoms with Crippen LogP contribution in [0.25, 0.3) is 0 Å². The third-order valence-electron chi connectivity index (χ3n) is 3.98. The molecular formula is C15H32N2O2.